The summed E-state index contributed by atoms with van der Waals surface area (Å²) >= 11 is 0. The van der Waals surface area contributed by atoms with Gasteiger partial charge < -0.3 is 4.74 Å². The molecule has 0 aliphatic heterocycles. The lowest BCUT2D eigenvalue weighted by Gasteiger charge is -2.10. The molecule has 0 heterocycles. The summed E-state index contributed by atoms with van der Waals surface area (Å²) in [6.07, 6.45) is 8.02. The first-order chi connectivity index (χ1) is 9.29. The predicted molar refractivity (Wildman–Crippen MR) is 79.9 cm³/mol. The van der Waals surface area contributed by atoms with Crippen molar-refractivity contribution in [2.24, 2.45) is 0 Å². The van der Waals surface area contributed by atoms with Gasteiger partial charge in [0.15, 0.2) is 5.78 Å². The Balaban J connectivity index is 2.31. The quantitative estimate of drug-likeness (QED) is 0.437. The van der Waals surface area contributed by atoms with Gasteiger partial charge in [-0.15, -0.1) is 0 Å². The number of hydrogen-bond acceptors (Lipinski definition) is 2. The summed E-state index contributed by atoms with van der Waals surface area (Å²) in [7, 11) is 0. The molecule has 0 saturated carbocycles. The van der Waals surface area contributed by atoms with Crippen LogP contribution in [0, 0.1) is 0 Å². The van der Waals surface area contributed by atoms with Crippen molar-refractivity contribution in [3.8, 4) is 5.75 Å². The van der Waals surface area contributed by atoms with Crippen LogP contribution in [-0.2, 0) is 0 Å². The highest BCUT2D eigenvalue weighted by Crippen LogP contribution is 2.20. The van der Waals surface area contributed by atoms with Gasteiger partial charge in [-0.1, -0.05) is 58.1 Å². The molecule has 0 aliphatic carbocycles. The number of rotatable bonds is 10. The Morgan fingerprint density at radius 3 is 2.42 bits per heavy atom. The van der Waals surface area contributed by atoms with Crippen molar-refractivity contribution in [3.63, 3.8) is 0 Å². The average molecular weight is 262 g/mol. The molecule has 106 valence electrons. The smallest absolute Gasteiger partial charge is 0.166 e. The minimum Gasteiger partial charge on any atom is -0.493 e. The molecule has 2 nitrogen and oxygen atoms in total. The molecule has 0 unspecified atom stereocenters. The number of hydrogen-bond donors (Lipinski definition) is 0. The third-order valence-corrected chi connectivity index (χ3v) is 3.26. The molecule has 1 aromatic rings. The Labute approximate surface area is 117 Å². The van der Waals surface area contributed by atoms with Crippen LogP contribution in [0.25, 0.3) is 0 Å². The second-order valence-corrected chi connectivity index (χ2v) is 4.89. The fraction of sp³-hybridized carbons (Fsp3) is 0.588. The van der Waals surface area contributed by atoms with E-state index in [0.717, 1.165) is 17.7 Å². The zero-order valence-corrected chi connectivity index (χ0v) is 12.3. The standard InChI is InChI=1S/C17H26O2/c1-3-5-6-7-8-11-14-19-17-13-10-9-12-15(17)16(18)4-2/h9-10,12-13H,3-8,11,14H2,1-2H3. The molecule has 0 fully saturated rings. The predicted octanol–water partition coefficient (Wildman–Crippen LogP) is 5.02. The molecule has 0 bridgehead atoms. The summed E-state index contributed by atoms with van der Waals surface area (Å²) in [6.45, 7) is 4.82. The maximum absolute atomic E-state index is 11.8. The van der Waals surface area contributed by atoms with E-state index in [1.807, 2.05) is 31.2 Å². The highest BCUT2D eigenvalue weighted by molar-refractivity contribution is 5.98. The lowest BCUT2D eigenvalue weighted by atomic mass is 10.1. The normalized spacial score (nSPS) is 10.4. The van der Waals surface area contributed by atoms with E-state index in [1.165, 1.54) is 32.1 Å². The molecular weight excluding hydrogens is 236 g/mol. The van der Waals surface area contributed by atoms with Crippen LogP contribution >= 0.6 is 0 Å². The zero-order chi connectivity index (χ0) is 13.9. The molecule has 19 heavy (non-hydrogen) atoms. The summed E-state index contributed by atoms with van der Waals surface area (Å²) in [6, 6.07) is 7.55. The number of carbonyl (C=O) groups is 1. The molecule has 0 aliphatic rings. The summed E-state index contributed by atoms with van der Waals surface area (Å²) in [5.41, 5.74) is 0.719. The van der Waals surface area contributed by atoms with E-state index in [4.69, 9.17) is 4.74 Å². The van der Waals surface area contributed by atoms with E-state index in [9.17, 15) is 4.79 Å². The van der Waals surface area contributed by atoms with Gasteiger partial charge in [0.2, 0.25) is 0 Å². The Morgan fingerprint density at radius 1 is 1.00 bits per heavy atom. The summed E-state index contributed by atoms with van der Waals surface area (Å²) in [4.78, 5) is 11.8. The monoisotopic (exact) mass is 262 g/mol. The lowest BCUT2D eigenvalue weighted by Crippen LogP contribution is -2.04. The van der Waals surface area contributed by atoms with Crippen molar-refractivity contribution in [2.75, 3.05) is 6.61 Å². The van der Waals surface area contributed by atoms with Crippen LogP contribution in [0.3, 0.4) is 0 Å². The van der Waals surface area contributed by atoms with E-state index >= 15 is 0 Å². The molecular formula is C17H26O2. The Kier molecular flexibility index (Phi) is 7.95. The molecule has 0 aromatic heterocycles. The van der Waals surface area contributed by atoms with E-state index in [0.29, 0.717) is 13.0 Å². The third kappa shape index (κ3) is 5.91. The van der Waals surface area contributed by atoms with Gasteiger partial charge in [-0.05, 0) is 18.6 Å². The largest absolute Gasteiger partial charge is 0.493 e. The van der Waals surface area contributed by atoms with Crippen molar-refractivity contribution in [1.29, 1.82) is 0 Å². The van der Waals surface area contributed by atoms with Crippen molar-refractivity contribution in [2.45, 2.75) is 58.8 Å². The van der Waals surface area contributed by atoms with Gasteiger partial charge in [0.1, 0.15) is 5.75 Å². The van der Waals surface area contributed by atoms with Gasteiger partial charge in [0, 0.05) is 6.42 Å². The molecule has 0 atom stereocenters. The van der Waals surface area contributed by atoms with Gasteiger partial charge in [-0.2, -0.15) is 0 Å². The minimum absolute atomic E-state index is 0.151. The second kappa shape index (κ2) is 9.60. The maximum Gasteiger partial charge on any atom is 0.166 e. The van der Waals surface area contributed by atoms with Crippen LogP contribution in [0.2, 0.25) is 0 Å². The lowest BCUT2D eigenvalue weighted by molar-refractivity contribution is 0.0984. The van der Waals surface area contributed by atoms with Crippen molar-refractivity contribution in [1.82, 2.24) is 0 Å². The molecule has 1 aromatic carbocycles. The number of ether oxygens (including phenoxy) is 1. The first kappa shape index (κ1) is 15.7. The van der Waals surface area contributed by atoms with Crippen LogP contribution < -0.4 is 4.74 Å². The van der Waals surface area contributed by atoms with Crippen LogP contribution in [0.5, 0.6) is 5.75 Å². The molecule has 2 heteroatoms. The van der Waals surface area contributed by atoms with Gasteiger partial charge >= 0.3 is 0 Å². The van der Waals surface area contributed by atoms with Crippen molar-refractivity contribution in [3.05, 3.63) is 29.8 Å². The highest BCUT2D eigenvalue weighted by Gasteiger charge is 2.09. The van der Waals surface area contributed by atoms with Crippen LogP contribution in [0.4, 0.5) is 0 Å². The Hall–Kier alpha value is -1.31. The van der Waals surface area contributed by atoms with Crippen LogP contribution in [0.1, 0.15) is 69.2 Å². The van der Waals surface area contributed by atoms with Gasteiger partial charge in [0.25, 0.3) is 0 Å². The zero-order valence-electron chi connectivity index (χ0n) is 12.3. The number of Topliss-reactive ketones (excluding diaryl/α,β-unsaturated/α-hetero) is 1. The van der Waals surface area contributed by atoms with Crippen molar-refractivity contribution < 1.29 is 9.53 Å². The van der Waals surface area contributed by atoms with Crippen molar-refractivity contribution >= 4 is 5.78 Å². The molecule has 0 N–H and O–H groups in total. The number of para-hydroxylation sites is 1. The van der Waals surface area contributed by atoms with Crippen LogP contribution in [-0.4, -0.2) is 12.4 Å². The summed E-state index contributed by atoms with van der Waals surface area (Å²) in [5.74, 6) is 0.890. The molecule has 0 saturated heterocycles. The average Bonchev–Trinajstić information content (AvgIpc) is 2.46. The van der Waals surface area contributed by atoms with E-state index in [1.54, 1.807) is 0 Å². The third-order valence-electron chi connectivity index (χ3n) is 3.26. The first-order valence-corrected chi connectivity index (χ1v) is 7.54. The minimum atomic E-state index is 0.151. The Morgan fingerprint density at radius 2 is 1.68 bits per heavy atom. The highest BCUT2D eigenvalue weighted by atomic mass is 16.5. The number of unbranched alkanes of at least 4 members (excludes halogenated alkanes) is 5. The molecule has 0 radical (unpaired) electrons. The van der Waals surface area contributed by atoms with Gasteiger partial charge in [-0.25, -0.2) is 0 Å². The van der Waals surface area contributed by atoms with Crippen LogP contribution in [0.15, 0.2) is 24.3 Å². The Bertz CT molecular complexity index is 371. The molecule has 0 spiro atoms. The number of benzene rings is 1. The van der Waals surface area contributed by atoms with Gasteiger partial charge in [0.05, 0.1) is 12.2 Å². The first-order valence-electron chi connectivity index (χ1n) is 7.54. The topological polar surface area (TPSA) is 26.3 Å². The van der Waals surface area contributed by atoms with Gasteiger partial charge in [-0.3, -0.25) is 4.79 Å². The van der Waals surface area contributed by atoms with E-state index in [-0.39, 0.29) is 5.78 Å². The van der Waals surface area contributed by atoms with E-state index in [2.05, 4.69) is 6.92 Å². The fourth-order valence-corrected chi connectivity index (χ4v) is 2.08. The summed E-state index contributed by atoms with van der Waals surface area (Å²) < 4.78 is 5.75. The molecule has 0 amide bonds. The summed E-state index contributed by atoms with van der Waals surface area (Å²) in [5, 5.41) is 0. The van der Waals surface area contributed by atoms with E-state index < -0.39 is 0 Å². The molecule has 1 rings (SSSR count). The second-order valence-electron chi connectivity index (χ2n) is 4.89. The SMILES string of the molecule is CCCCCCCCOc1ccccc1C(=O)CC. The maximum atomic E-state index is 11.8. The number of ketones is 1. The number of carbonyl (C=O) groups excluding carboxylic acids is 1. The fourth-order valence-electron chi connectivity index (χ4n) is 2.08.